The van der Waals surface area contributed by atoms with Crippen molar-refractivity contribution in [1.82, 2.24) is 0 Å². The summed E-state index contributed by atoms with van der Waals surface area (Å²) < 4.78 is 0. The molecule has 0 aliphatic rings. The van der Waals surface area contributed by atoms with Gasteiger partial charge in [-0.3, -0.25) is 0 Å². The summed E-state index contributed by atoms with van der Waals surface area (Å²) in [6.07, 6.45) is 1.70. The van der Waals surface area contributed by atoms with E-state index in [9.17, 15) is 0 Å². The van der Waals surface area contributed by atoms with Crippen molar-refractivity contribution in [2.75, 3.05) is 0 Å². The molecule has 0 aliphatic carbocycles. The molecule has 2 aromatic carbocycles. The lowest BCUT2D eigenvalue weighted by atomic mass is 10.1. The Bertz CT molecular complexity index is 651. The molecule has 82 valence electrons. The summed E-state index contributed by atoms with van der Waals surface area (Å²) in [6.45, 7) is 0. The summed E-state index contributed by atoms with van der Waals surface area (Å²) in [5.41, 5.74) is 6.70. The molecule has 0 aromatic heterocycles. The molecule has 2 rings (SSSR count). The summed E-state index contributed by atoms with van der Waals surface area (Å²) in [5, 5.41) is 11.2. The third kappa shape index (κ3) is 2.49. The predicted octanol–water partition coefficient (Wildman–Crippen LogP) is 3.03. The second-order valence-electron chi connectivity index (χ2n) is 3.64. The van der Waals surface area contributed by atoms with E-state index in [-0.39, 0.29) is 4.99 Å². The van der Waals surface area contributed by atoms with Crippen LogP contribution in [-0.2, 0) is 0 Å². The number of thiocarbonyl (C=S) groups is 1. The molecule has 0 saturated heterocycles. The number of rotatable bonds is 2. The van der Waals surface area contributed by atoms with E-state index in [4.69, 9.17) is 23.2 Å². The van der Waals surface area contributed by atoms with Crippen LogP contribution in [0.3, 0.4) is 0 Å². The van der Waals surface area contributed by atoms with Gasteiger partial charge >= 0.3 is 0 Å². The number of benzene rings is 2. The number of nitrogens with two attached hydrogens (primary N) is 1. The zero-order chi connectivity index (χ0) is 12.3. The fourth-order valence-corrected chi connectivity index (χ4v) is 1.73. The molecule has 2 N–H and O–H groups in total. The largest absolute Gasteiger partial charge is 0.389 e. The molecule has 0 unspecified atom stereocenters. The first-order valence-corrected chi connectivity index (χ1v) is 5.52. The second kappa shape index (κ2) is 4.77. The van der Waals surface area contributed by atoms with E-state index in [1.165, 1.54) is 5.39 Å². The summed E-state index contributed by atoms with van der Waals surface area (Å²) in [7, 11) is 0. The van der Waals surface area contributed by atoms with Gasteiger partial charge < -0.3 is 5.73 Å². The average Bonchev–Trinajstić information content (AvgIpc) is 2.35. The van der Waals surface area contributed by atoms with Crippen LogP contribution in [0.2, 0.25) is 0 Å². The second-order valence-corrected chi connectivity index (χ2v) is 4.08. The first-order valence-electron chi connectivity index (χ1n) is 5.11. The number of hydrogen-bond acceptors (Lipinski definition) is 2. The van der Waals surface area contributed by atoms with Gasteiger partial charge in [0.15, 0.2) is 0 Å². The normalized spacial score (nSPS) is 11.1. The number of nitriles is 1. The van der Waals surface area contributed by atoms with Crippen LogP contribution in [0.5, 0.6) is 0 Å². The fourth-order valence-electron chi connectivity index (χ4n) is 1.62. The van der Waals surface area contributed by atoms with Gasteiger partial charge in [-0.25, -0.2) is 0 Å². The molecule has 17 heavy (non-hydrogen) atoms. The van der Waals surface area contributed by atoms with Gasteiger partial charge in [-0.1, -0.05) is 48.6 Å². The van der Waals surface area contributed by atoms with Gasteiger partial charge in [0.1, 0.15) is 11.1 Å². The van der Waals surface area contributed by atoms with Crippen molar-refractivity contribution in [1.29, 1.82) is 5.26 Å². The Labute approximate surface area is 105 Å². The molecule has 0 aliphatic heterocycles. The topological polar surface area (TPSA) is 49.8 Å². The van der Waals surface area contributed by atoms with Crippen molar-refractivity contribution in [2.24, 2.45) is 5.73 Å². The summed E-state index contributed by atoms with van der Waals surface area (Å²) in [4.78, 5) is 0.126. The Morgan fingerprint density at radius 3 is 2.53 bits per heavy atom. The molecular formula is C14H10N2S. The minimum absolute atomic E-state index is 0.126. The average molecular weight is 238 g/mol. The highest BCUT2D eigenvalue weighted by Gasteiger charge is 2.00. The predicted molar refractivity (Wildman–Crippen MR) is 74.3 cm³/mol. The monoisotopic (exact) mass is 238 g/mol. The highest BCUT2D eigenvalue weighted by atomic mass is 32.1. The van der Waals surface area contributed by atoms with Crippen LogP contribution in [0.1, 0.15) is 5.56 Å². The molecule has 3 heteroatoms. The van der Waals surface area contributed by atoms with E-state index >= 15 is 0 Å². The van der Waals surface area contributed by atoms with Crippen LogP contribution in [0, 0.1) is 11.3 Å². The molecule has 2 aromatic rings. The van der Waals surface area contributed by atoms with Gasteiger partial charge in [-0.05, 0) is 28.5 Å². The molecule has 0 radical (unpaired) electrons. The van der Waals surface area contributed by atoms with Crippen molar-refractivity contribution in [2.45, 2.75) is 0 Å². The summed E-state index contributed by atoms with van der Waals surface area (Å²) in [5.74, 6) is 0. The third-order valence-corrected chi connectivity index (χ3v) is 2.69. The number of fused-ring (bicyclic) bond motifs is 1. The summed E-state index contributed by atoms with van der Waals surface area (Å²) >= 11 is 4.80. The Morgan fingerprint density at radius 2 is 1.88 bits per heavy atom. The zero-order valence-electron chi connectivity index (χ0n) is 9.05. The summed E-state index contributed by atoms with van der Waals surface area (Å²) in [6, 6.07) is 16.0. The molecule has 0 fully saturated rings. The van der Waals surface area contributed by atoms with Crippen molar-refractivity contribution in [3.8, 4) is 6.07 Å². The van der Waals surface area contributed by atoms with Crippen LogP contribution in [0.15, 0.2) is 48.0 Å². The molecule has 0 atom stereocenters. The van der Waals surface area contributed by atoms with Gasteiger partial charge in [-0.15, -0.1) is 0 Å². The molecule has 2 nitrogen and oxygen atoms in total. The maximum atomic E-state index is 8.89. The SMILES string of the molecule is N#C/C(=C/c1ccc2ccccc2c1)C(N)=S. The van der Waals surface area contributed by atoms with Crippen molar-refractivity contribution >= 4 is 34.1 Å². The molecule has 0 spiro atoms. The maximum absolute atomic E-state index is 8.89. The van der Waals surface area contributed by atoms with Crippen LogP contribution >= 0.6 is 12.2 Å². The minimum atomic E-state index is 0.126. The van der Waals surface area contributed by atoms with Gasteiger partial charge in [0.25, 0.3) is 0 Å². The van der Waals surface area contributed by atoms with E-state index in [0.29, 0.717) is 5.57 Å². The van der Waals surface area contributed by atoms with E-state index in [2.05, 4.69) is 0 Å². The Kier molecular flexibility index (Phi) is 3.17. The highest BCUT2D eigenvalue weighted by molar-refractivity contribution is 7.80. The van der Waals surface area contributed by atoms with E-state index < -0.39 is 0 Å². The highest BCUT2D eigenvalue weighted by Crippen LogP contribution is 2.17. The van der Waals surface area contributed by atoms with E-state index in [1.54, 1.807) is 6.08 Å². The van der Waals surface area contributed by atoms with Crippen LogP contribution in [0.4, 0.5) is 0 Å². The van der Waals surface area contributed by atoms with Crippen LogP contribution in [0.25, 0.3) is 16.8 Å². The third-order valence-electron chi connectivity index (χ3n) is 2.47. The van der Waals surface area contributed by atoms with Crippen LogP contribution < -0.4 is 5.73 Å². The lowest BCUT2D eigenvalue weighted by Crippen LogP contribution is -2.09. The minimum Gasteiger partial charge on any atom is -0.389 e. The maximum Gasteiger partial charge on any atom is 0.114 e. The number of hydrogen-bond donors (Lipinski definition) is 1. The van der Waals surface area contributed by atoms with Gasteiger partial charge in [0.2, 0.25) is 0 Å². The molecular weight excluding hydrogens is 228 g/mol. The van der Waals surface area contributed by atoms with Crippen molar-refractivity contribution < 1.29 is 0 Å². The molecule has 0 amide bonds. The lowest BCUT2D eigenvalue weighted by Gasteiger charge is -2.00. The molecule has 0 bridgehead atoms. The van der Waals surface area contributed by atoms with Crippen molar-refractivity contribution in [3.63, 3.8) is 0 Å². The van der Waals surface area contributed by atoms with Crippen LogP contribution in [-0.4, -0.2) is 4.99 Å². The fraction of sp³-hybridized carbons (Fsp3) is 0. The molecule has 0 saturated carbocycles. The van der Waals surface area contributed by atoms with E-state index in [1.807, 2.05) is 48.5 Å². The van der Waals surface area contributed by atoms with Crippen molar-refractivity contribution in [3.05, 3.63) is 53.6 Å². The quantitative estimate of drug-likeness (QED) is 0.497. The lowest BCUT2D eigenvalue weighted by molar-refractivity contribution is 1.51. The first kappa shape index (κ1) is 11.3. The smallest absolute Gasteiger partial charge is 0.114 e. The number of nitrogens with zero attached hydrogens (tertiary/aromatic N) is 1. The van der Waals surface area contributed by atoms with E-state index in [0.717, 1.165) is 10.9 Å². The van der Waals surface area contributed by atoms with Gasteiger partial charge in [0.05, 0.1) is 5.57 Å². The zero-order valence-corrected chi connectivity index (χ0v) is 9.87. The standard InChI is InChI=1S/C14H10N2S/c15-9-13(14(16)17)8-10-5-6-11-3-1-2-4-12(11)7-10/h1-8H,(H2,16,17)/b13-8-. The Morgan fingerprint density at radius 1 is 1.18 bits per heavy atom. The first-order chi connectivity index (χ1) is 8.20. The Hall–Kier alpha value is -2.18. The van der Waals surface area contributed by atoms with Gasteiger partial charge in [-0.2, -0.15) is 5.26 Å². The molecule has 0 heterocycles. The Balaban J connectivity index is 2.51. The van der Waals surface area contributed by atoms with Gasteiger partial charge in [0, 0.05) is 0 Å².